The molecule has 34 heavy (non-hydrogen) atoms. The van der Waals surface area contributed by atoms with Crippen molar-refractivity contribution in [1.29, 1.82) is 0 Å². The molecule has 0 radical (unpaired) electrons. The fourth-order valence-electron chi connectivity index (χ4n) is 4.67. The van der Waals surface area contributed by atoms with Crippen molar-refractivity contribution in [3.8, 4) is 5.75 Å². The molecule has 0 fully saturated rings. The lowest BCUT2D eigenvalue weighted by atomic mass is 9.95. The van der Waals surface area contributed by atoms with Crippen molar-refractivity contribution in [3.05, 3.63) is 115 Å². The van der Waals surface area contributed by atoms with Gasteiger partial charge in [0, 0.05) is 34.2 Å². The molecule has 0 spiro atoms. The SMILES string of the molecule is O=[N+]([O-])c1cccc([C@@H]2Oc3c(Br)cc(Br)cc3[C@@H]3CC(c4ccc5ccccc5c4)=NN32)c1. The van der Waals surface area contributed by atoms with E-state index in [0.717, 1.165) is 36.9 Å². The predicted molar refractivity (Wildman–Crippen MR) is 138 cm³/mol. The number of non-ortho nitro benzene ring substituents is 1. The molecule has 2 heterocycles. The van der Waals surface area contributed by atoms with Gasteiger partial charge in [-0.05, 0) is 50.5 Å². The van der Waals surface area contributed by atoms with Crippen molar-refractivity contribution < 1.29 is 9.66 Å². The van der Waals surface area contributed by atoms with E-state index in [1.165, 1.54) is 11.5 Å². The van der Waals surface area contributed by atoms with Gasteiger partial charge in [0.2, 0.25) is 6.23 Å². The third kappa shape index (κ3) is 3.58. The van der Waals surface area contributed by atoms with Gasteiger partial charge in [0.05, 0.1) is 21.1 Å². The van der Waals surface area contributed by atoms with Gasteiger partial charge in [-0.25, -0.2) is 5.01 Å². The summed E-state index contributed by atoms with van der Waals surface area (Å²) in [6, 6.07) is 25.1. The highest BCUT2D eigenvalue weighted by atomic mass is 79.9. The van der Waals surface area contributed by atoms with Gasteiger partial charge in [0.25, 0.3) is 5.69 Å². The van der Waals surface area contributed by atoms with Crippen LogP contribution < -0.4 is 4.74 Å². The topological polar surface area (TPSA) is 68.0 Å². The molecule has 6 nitrogen and oxygen atoms in total. The molecule has 2 aliphatic heterocycles. The van der Waals surface area contributed by atoms with Crippen molar-refractivity contribution >= 4 is 54.0 Å². The van der Waals surface area contributed by atoms with Crippen LogP contribution >= 0.6 is 31.9 Å². The monoisotopic (exact) mass is 577 g/mol. The van der Waals surface area contributed by atoms with Crippen LogP contribution in [0.5, 0.6) is 5.75 Å². The number of nitro groups is 1. The highest BCUT2D eigenvalue weighted by Crippen LogP contribution is 2.51. The Kier molecular flexibility index (Phi) is 5.15. The highest BCUT2D eigenvalue weighted by Gasteiger charge is 2.42. The maximum atomic E-state index is 11.4. The van der Waals surface area contributed by atoms with Crippen molar-refractivity contribution in [3.63, 3.8) is 0 Å². The van der Waals surface area contributed by atoms with E-state index in [0.29, 0.717) is 12.0 Å². The smallest absolute Gasteiger partial charge is 0.269 e. The predicted octanol–water partition coefficient (Wildman–Crippen LogP) is 7.52. The lowest BCUT2D eigenvalue weighted by molar-refractivity contribution is -0.385. The third-order valence-corrected chi connectivity index (χ3v) is 7.30. The number of ether oxygens (including phenoxy) is 1. The molecule has 2 aliphatic rings. The first-order chi connectivity index (χ1) is 16.5. The van der Waals surface area contributed by atoms with Gasteiger partial charge in [-0.15, -0.1) is 0 Å². The van der Waals surface area contributed by atoms with Crippen molar-refractivity contribution in [2.45, 2.75) is 18.7 Å². The number of hydrazone groups is 1. The summed E-state index contributed by atoms with van der Waals surface area (Å²) in [5, 5.41) is 20.7. The number of hydrogen-bond acceptors (Lipinski definition) is 5. The molecule has 0 saturated carbocycles. The second kappa shape index (κ2) is 8.21. The first kappa shape index (κ1) is 21.3. The fourth-order valence-corrected chi connectivity index (χ4v) is 6.02. The summed E-state index contributed by atoms with van der Waals surface area (Å²) in [5.41, 5.74) is 3.74. The van der Waals surface area contributed by atoms with Crippen LogP contribution in [0.3, 0.4) is 0 Å². The van der Waals surface area contributed by atoms with E-state index in [1.54, 1.807) is 12.1 Å². The number of benzene rings is 4. The van der Waals surface area contributed by atoms with Crippen LogP contribution in [0.15, 0.2) is 92.9 Å². The molecule has 2 atom stereocenters. The van der Waals surface area contributed by atoms with Crippen LogP contribution in [0.25, 0.3) is 10.8 Å². The van der Waals surface area contributed by atoms with Crippen LogP contribution in [0.1, 0.15) is 35.4 Å². The molecule has 0 bridgehead atoms. The quantitative estimate of drug-likeness (QED) is 0.186. The van der Waals surface area contributed by atoms with E-state index >= 15 is 0 Å². The van der Waals surface area contributed by atoms with Gasteiger partial charge in [-0.2, -0.15) is 5.10 Å². The molecule has 0 aliphatic carbocycles. The zero-order chi connectivity index (χ0) is 23.4. The number of halogens is 2. The van der Waals surface area contributed by atoms with E-state index in [1.807, 2.05) is 29.3 Å². The van der Waals surface area contributed by atoms with Crippen LogP contribution in [0, 0.1) is 10.1 Å². The Labute approximate surface area is 212 Å². The molecule has 8 heteroatoms. The summed E-state index contributed by atoms with van der Waals surface area (Å²) in [6.07, 6.45) is 0.107. The van der Waals surface area contributed by atoms with Crippen molar-refractivity contribution in [1.82, 2.24) is 5.01 Å². The molecule has 0 aromatic heterocycles. The third-order valence-electron chi connectivity index (χ3n) is 6.26. The van der Waals surface area contributed by atoms with Gasteiger partial charge in [-0.1, -0.05) is 64.5 Å². The molecule has 4 aromatic carbocycles. The Morgan fingerprint density at radius 2 is 1.79 bits per heavy atom. The molecule has 0 unspecified atom stereocenters. The van der Waals surface area contributed by atoms with E-state index in [9.17, 15) is 10.1 Å². The van der Waals surface area contributed by atoms with Gasteiger partial charge in [0.1, 0.15) is 5.75 Å². The van der Waals surface area contributed by atoms with Crippen LogP contribution in [-0.4, -0.2) is 15.6 Å². The lowest BCUT2D eigenvalue weighted by Crippen LogP contribution is -2.34. The van der Waals surface area contributed by atoms with Crippen LogP contribution in [-0.2, 0) is 0 Å². The lowest BCUT2D eigenvalue weighted by Gasteiger charge is -2.38. The Balaban J connectivity index is 1.48. The maximum absolute atomic E-state index is 11.4. The number of nitrogens with zero attached hydrogens (tertiary/aromatic N) is 3. The van der Waals surface area contributed by atoms with E-state index < -0.39 is 11.2 Å². The number of hydrogen-bond donors (Lipinski definition) is 0. The Morgan fingerprint density at radius 3 is 2.62 bits per heavy atom. The second-order valence-electron chi connectivity index (χ2n) is 8.34. The summed E-state index contributed by atoms with van der Waals surface area (Å²) in [5.74, 6) is 0.732. The Morgan fingerprint density at radius 1 is 0.971 bits per heavy atom. The van der Waals surface area contributed by atoms with E-state index in [4.69, 9.17) is 9.84 Å². The summed E-state index contributed by atoms with van der Waals surface area (Å²) in [4.78, 5) is 11.0. The first-order valence-corrected chi connectivity index (χ1v) is 12.3. The maximum Gasteiger partial charge on any atom is 0.269 e. The van der Waals surface area contributed by atoms with Gasteiger partial charge < -0.3 is 4.74 Å². The molecule has 0 amide bonds. The summed E-state index contributed by atoms with van der Waals surface area (Å²) in [6.45, 7) is 0. The molecule has 168 valence electrons. The molecule has 6 rings (SSSR count). The summed E-state index contributed by atoms with van der Waals surface area (Å²) >= 11 is 7.23. The highest BCUT2D eigenvalue weighted by molar-refractivity contribution is 9.11. The largest absolute Gasteiger partial charge is 0.463 e. The minimum absolute atomic E-state index is 0.0243. The Bertz CT molecular complexity index is 1500. The standard InChI is InChI=1S/C26H17Br2N3O3/c27-19-12-21-24-14-23(17-9-8-15-4-1-2-5-16(15)10-17)29-30(24)26(34-25(21)22(28)13-19)18-6-3-7-20(11-18)31(32)33/h1-13,24,26H,14H2/t24-,26-/m0/s1. The fraction of sp³-hybridized carbons (Fsp3) is 0.115. The Hall–Kier alpha value is -3.23. The van der Waals surface area contributed by atoms with E-state index in [2.05, 4.69) is 68.3 Å². The zero-order valence-corrected chi connectivity index (χ0v) is 20.9. The molecule has 0 saturated heterocycles. The summed E-state index contributed by atoms with van der Waals surface area (Å²) in [7, 11) is 0. The summed E-state index contributed by atoms with van der Waals surface area (Å²) < 4.78 is 8.20. The average Bonchev–Trinajstić information content (AvgIpc) is 3.29. The number of nitro benzene ring substituents is 1. The van der Waals surface area contributed by atoms with Crippen LogP contribution in [0.2, 0.25) is 0 Å². The van der Waals surface area contributed by atoms with Crippen LogP contribution in [0.4, 0.5) is 5.69 Å². The van der Waals surface area contributed by atoms with Crippen molar-refractivity contribution in [2.24, 2.45) is 5.10 Å². The number of fused-ring (bicyclic) bond motifs is 4. The van der Waals surface area contributed by atoms with Gasteiger partial charge in [0.15, 0.2) is 0 Å². The zero-order valence-electron chi connectivity index (χ0n) is 17.7. The minimum atomic E-state index is -0.590. The van der Waals surface area contributed by atoms with Gasteiger partial charge >= 0.3 is 0 Å². The van der Waals surface area contributed by atoms with Crippen molar-refractivity contribution in [2.75, 3.05) is 0 Å². The second-order valence-corrected chi connectivity index (χ2v) is 10.1. The minimum Gasteiger partial charge on any atom is -0.463 e. The first-order valence-electron chi connectivity index (χ1n) is 10.7. The molecule has 0 N–H and O–H groups in total. The normalized spacial score (nSPS) is 18.8. The van der Waals surface area contributed by atoms with Gasteiger partial charge in [-0.3, -0.25) is 10.1 Å². The molecular weight excluding hydrogens is 562 g/mol. The van der Waals surface area contributed by atoms with E-state index in [-0.39, 0.29) is 11.7 Å². The number of rotatable bonds is 3. The average molecular weight is 579 g/mol. The molecular formula is C26H17Br2N3O3. The molecule has 4 aromatic rings.